The molecule has 0 N–H and O–H groups in total. The van der Waals surface area contributed by atoms with Crippen LogP contribution >= 0.6 is 46.4 Å². The van der Waals surface area contributed by atoms with Crippen molar-refractivity contribution in [1.29, 1.82) is 0 Å². The number of rotatable bonds is 2. The van der Waals surface area contributed by atoms with E-state index in [1.54, 1.807) is 30.3 Å². The molecule has 0 bridgehead atoms. The lowest BCUT2D eigenvalue weighted by Crippen LogP contribution is -2.47. The van der Waals surface area contributed by atoms with Gasteiger partial charge in [0, 0.05) is 126 Å². The summed E-state index contributed by atoms with van der Waals surface area (Å²) in [6.45, 7) is 25.2. The fraction of sp³-hybridized carbons (Fsp3) is 0.303. The highest BCUT2D eigenvalue weighted by Crippen LogP contribution is 2.50. The molecular formula is C66H61Cl4F5N4O2+2. The van der Waals surface area contributed by atoms with Crippen LogP contribution in [-0.2, 0) is 0 Å². The molecule has 0 unspecified atom stereocenters. The third kappa shape index (κ3) is 8.60. The summed E-state index contributed by atoms with van der Waals surface area (Å²) in [5.41, 5.74) is 10.8. The number of anilines is 2. The van der Waals surface area contributed by atoms with Gasteiger partial charge in [0.25, 0.3) is 0 Å². The van der Waals surface area contributed by atoms with Crippen molar-refractivity contribution in [3.63, 3.8) is 0 Å². The quantitative estimate of drug-likeness (QED) is 0.0747. The number of hydrogen-bond donors (Lipinski definition) is 0. The molecule has 418 valence electrons. The van der Waals surface area contributed by atoms with E-state index in [1.807, 2.05) is 27.9 Å². The molecule has 0 radical (unpaired) electrons. The van der Waals surface area contributed by atoms with Crippen LogP contribution in [0.5, 0.6) is 23.0 Å². The number of allylic oxidation sites excluding steroid dienone is 4. The number of nitrogens with zero attached hydrogens (tertiary/aromatic N) is 4. The lowest BCUT2D eigenvalue weighted by molar-refractivity contribution is 0.376. The third-order valence-electron chi connectivity index (χ3n) is 17.6. The zero-order valence-corrected chi connectivity index (χ0v) is 51.0. The summed E-state index contributed by atoms with van der Waals surface area (Å²) in [7, 11) is 8.10. The Morgan fingerprint density at radius 2 is 0.790 bits per heavy atom. The average molecular weight is 1180 g/mol. The molecule has 6 aliphatic rings. The van der Waals surface area contributed by atoms with Crippen LogP contribution < -0.4 is 49.6 Å². The minimum atomic E-state index is -2.20. The molecule has 6 aromatic carbocycles. The lowest BCUT2D eigenvalue weighted by atomic mass is 9.84. The molecule has 0 saturated heterocycles. The zero-order valence-electron chi connectivity index (χ0n) is 48.0. The van der Waals surface area contributed by atoms with Gasteiger partial charge in [-0.15, -0.1) is 0 Å². The van der Waals surface area contributed by atoms with Crippen molar-refractivity contribution in [3.05, 3.63) is 194 Å². The van der Waals surface area contributed by atoms with Gasteiger partial charge in [0.1, 0.15) is 37.1 Å². The van der Waals surface area contributed by atoms with Crippen molar-refractivity contribution in [2.24, 2.45) is 0 Å². The van der Waals surface area contributed by atoms with E-state index < -0.39 is 34.6 Å². The Morgan fingerprint density at radius 1 is 0.407 bits per heavy atom. The van der Waals surface area contributed by atoms with Crippen LogP contribution in [0.15, 0.2) is 78.9 Å². The van der Waals surface area contributed by atoms with E-state index in [0.717, 1.165) is 83.3 Å². The molecule has 6 heterocycles. The van der Waals surface area contributed by atoms with Gasteiger partial charge in [-0.05, 0) is 120 Å². The van der Waals surface area contributed by atoms with E-state index in [0.29, 0.717) is 15.6 Å². The fourth-order valence-electron chi connectivity index (χ4n) is 12.5. The molecule has 81 heavy (non-hydrogen) atoms. The second-order valence-electron chi connectivity index (χ2n) is 24.4. The molecule has 0 aromatic heterocycles. The second kappa shape index (κ2) is 18.8. The molecule has 0 atom stereocenters. The molecule has 6 aliphatic heterocycles. The Morgan fingerprint density at radius 3 is 1.22 bits per heavy atom. The van der Waals surface area contributed by atoms with E-state index in [2.05, 4.69) is 151 Å². The number of hydrogen-bond acceptors (Lipinski definition) is 4. The maximum absolute atomic E-state index is 15.5. The predicted octanol–water partition coefficient (Wildman–Crippen LogP) is 15.3. The Kier molecular flexibility index (Phi) is 13.1. The largest absolute Gasteiger partial charge is 0.456 e. The highest BCUT2D eigenvalue weighted by atomic mass is 35.5. The van der Waals surface area contributed by atoms with E-state index in [-0.39, 0.29) is 60.1 Å². The van der Waals surface area contributed by atoms with Crippen molar-refractivity contribution in [2.45, 2.75) is 105 Å². The first-order valence-electron chi connectivity index (χ1n) is 26.6. The Labute approximate surface area is 488 Å². The molecule has 15 heteroatoms. The molecule has 0 aliphatic carbocycles. The van der Waals surface area contributed by atoms with Crippen LogP contribution in [0.25, 0.3) is 33.4 Å². The van der Waals surface area contributed by atoms with Crippen molar-refractivity contribution in [2.75, 3.05) is 38.0 Å². The SMILES string of the molecule is CC1=CC(C)(C)N(C)c2cc3c(cc21)C(c1c(F)c(F)c(F)c(F)c1F)=c1cc2c(cc1O3)=[N+](C)C(C)(C)C=C2C.CC1=CC(C)(C)N(C)c2cc3c(cc21)C(c1cc(Cl)c(Cl)c(Cl)c1Cl)=c1cc2c(cc1O3)=[N+](C)C(C)(C)C=C2C. The maximum Gasteiger partial charge on any atom is 0.211 e. The summed E-state index contributed by atoms with van der Waals surface area (Å²) < 4.78 is 91.9. The Hall–Kier alpha value is -6.37. The minimum absolute atomic E-state index is 0.111. The van der Waals surface area contributed by atoms with Crippen molar-refractivity contribution in [1.82, 2.24) is 9.15 Å². The molecule has 0 saturated carbocycles. The standard InChI is InChI=1S/C33H31Cl4N2O.C33H30F5N2O/c1-16-14-32(3,4)38(7)24-12-26-20(9-18(16)24)28(22-11-23(34)30(36)31(37)29(22)35)21-10-19-17(2)15-33(5,6)39(8)25(19)13-27(21)40-26;1-15-13-32(3,4)39(7)21-11-23-19(9-17(15)21)25(26-27(34)29(36)31(38)30(37)28(26)35)20-10-18-16(2)14-33(5,6)40(8)22(18)12-24(20)41-23/h9-15H,1-8H3;9-14H,1-8H3/q2*+1. The monoisotopic (exact) mass is 1180 g/mol. The fourth-order valence-corrected chi connectivity index (χ4v) is 13.4. The summed E-state index contributed by atoms with van der Waals surface area (Å²) in [5, 5.41) is 4.28. The number of fused-ring (bicyclic) bond motifs is 8. The van der Waals surface area contributed by atoms with Crippen LogP contribution in [0.4, 0.5) is 33.3 Å². The van der Waals surface area contributed by atoms with Gasteiger partial charge < -0.3 is 19.3 Å². The first kappa shape index (κ1) is 56.5. The van der Waals surface area contributed by atoms with Gasteiger partial charge in [-0.1, -0.05) is 58.6 Å². The Bertz CT molecular complexity index is 4310. The van der Waals surface area contributed by atoms with E-state index in [9.17, 15) is 13.2 Å². The zero-order chi connectivity index (χ0) is 59.0. The van der Waals surface area contributed by atoms with Gasteiger partial charge in [0.05, 0.1) is 48.9 Å². The summed E-state index contributed by atoms with van der Waals surface area (Å²) >= 11 is 26.5. The van der Waals surface area contributed by atoms with E-state index >= 15 is 8.78 Å². The van der Waals surface area contributed by atoms with Crippen molar-refractivity contribution in [3.8, 4) is 23.0 Å². The molecule has 6 nitrogen and oxygen atoms in total. The van der Waals surface area contributed by atoms with Gasteiger partial charge in [-0.3, -0.25) is 0 Å². The topological polar surface area (TPSA) is 31.0 Å². The third-order valence-corrected chi connectivity index (χ3v) is 19.4. The minimum Gasteiger partial charge on any atom is -0.456 e. The van der Waals surface area contributed by atoms with Crippen LogP contribution in [0.3, 0.4) is 0 Å². The van der Waals surface area contributed by atoms with Gasteiger partial charge in [0.15, 0.2) is 34.3 Å². The van der Waals surface area contributed by atoms with Crippen LogP contribution in [0.1, 0.15) is 128 Å². The first-order chi connectivity index (χ1) is 37.7. The molecule has 0 fully saturated rings. The van der Waals surface area contributed by atoms with Crippen molar-refractivity contribution < 1.29 is 31.4 Å². The van der Waals surface area contributed by atoms with E-state index in [1.165, 1.54) is 11.1 Å². The molecule has 0 spiro atoms. The van der Waals surface area contributed by atoms with Crippen LogP contribution in [0, 0.1) is 29.1 Å². The van der Waals surface area contributed by atoms with Gasteiger partial charge >= 0.3 is 0 Å². The van der Waals surface area contributed by atoms with Crippen LogP contribution in [-0.4, -0.2) is 50.3 Å². The molecule has 6 aromatic rings. The average Bonchev–Trinajstić information content (AvgIpc) is 3.58. The van der Waals surface area contributed by atoms with Gasteiger partial charge in [-0.25, -0.2) is 31.1 Å². The predicted molar refractivity (Wildman–Crippen MR) is 322 cm³/mol. The normalized spacial score (nSPS) is 18.2. The Balaban J connectivity index is 0.000000170. The molecule has 0 amide bonds. The number of likely N-dealkylation sites (N-methyl/N-ethyl adjacent to an activating group) is 4. The smallest absolute Gasteiger partial charge is 0.211 e. The van der Waals surface area contributed by atoms with Crippen molar-refractivity contribution >= 4 is 91.2 Å². The summed E-state index contributed by atoms with van der Waals surface area (Å²) in [5.74, 6) is -7.93. The summed E-state index contributed by atoms with van der Waals surface area (Å²) in [4.78, 5) is 4.35. The molecule has 12 rings (SSSR count). The number of benzene rings is 6. The number of halogens is 9. The van der Waals surface area contributed by atoms with Gasteiger partial charge in [0.2, 0.25) is 16.5 Å². The highest BCUT2D eigenvalue weighted by Gasteiger charge is 2.39. The van der Waals surface area contributed by atoms with E-state index in [4.69, 9.17) is 55.9 Å². The first-order valence-corrected chi connectivity index (χ1v) is 28.1. The lowest BCUT2D eigenvalue weighted by Gasteiger charge is -2.41. The summed E-state index contributed by atoms with van der Waals surface area (Å²) in [6.07, 6.45) is 8.73. The second-order valence-corrected chi connectivity index (χ2v) is 25.9. The van der Waals surface area contributed by atoms with Crippen LogP contribution in [0.2, 0.25) is 20.1 Å². The maximum atomic E-state index is 15.5. The summed E-state index contributed by atoms with van der Waals surface area (Å²) in [6, 6.07) is 17.5. The highest BCUT2D eigenvalue weighted by molar-refractivity contribution is 6.52. The number of ether oxygens (including phenoxy) is 2. The van der Waals surface area contributed by atoms with Gasteiger partial charge in [-0.2, -0.15) is 0 Å². The molecular weight excluding hydrogens is 1120 g/mol.